The fourth-order valence-electron chi connectivity index (χ4n) is 5.28. The van der Waals surface area contributed by atoms with Crippen LogP contribution in [0.15, 0.2) is 72.0 Å². The standard InChI is InChI=1S/C28H24ClFN10/c29-24-4-1-3-23(32)28(38-24)7-2-8-39(14-28)22-12-34-21(17-5-6-18(11-31)20(30)9-17)10-19(22)13-40-16-37-25-26(33)35-15-36-27(25)40/h1,3-6,9-10,12,15-16H,2,7-8,13-14,32H2,(H2,33,35,36). The van der Waals surface area contributed by atoms with Gasteiger partial charge in [0.1, 0.15) is 34.4 Å². The van der Waals surface area contributed by atoms with Gasteiger partial charge in [0.15, 0.2) is 11.5 Å². The summed E-state index contributed by atoms with van der Waals surface area (Å²) in [6.07, 6.45) is 11.8. The molecule has 6 rings (SSSR count). The van der Waals surface area contributed by atoms with Gasteiger partial charge in [-0.15, -0.1) is 0 Å². The van der Waals surface area contributed by atoms with Crippen LogP contribution in [-0.4, -0.2) is 48.3 Å². The summed E-state index contributed by atoms with van der Waals surface area (Å²) in [4.78, 5) is 24.5. The molecule has 0 aliphatic carbocycles. The lowest BCUT2D eigenvalue weighted by molar-refractivity contribution is 0.396. The molecule has 2 aliphatic rings. The van der Waals surface area contributed by atoms with Crippen LogP contribution in [0.2, 0.25) is 0 Å². The van der Waals surface area contributed by atoms with E-state index in [0.29, 0.717) is 52.2 Å². The lowest BCUT2D eigenvalue weighted by Crippen LogP contribution is -2.50. The number of imidazole rings is 1. The Morgan fingerprint density at radius 2 is 2.02 bits per heavy atom. The minimum Gasteiger partial charge on any atom is -0.400 e. The number of piperidine rings is 1. The molecule has 1 fully saturated rings. The number of benzene rings is 1. The maximum absolute atomic E-state index is 14.5. The van der Waals surface area contributed by atoms with Gasteiger partial charge in [-0.3, -0.25) is 9.98 Å². The molecule has 0 amide bonds. The summed E-state index contributed by atoms with van der Waals surface area (Å²) in [5.74, 6) is -0.304. The van der Waals surface area contributed by atoms with Crippen LogP contribution in [0.5, 0.6) is 0 Å². The highest BCUT2D eigenvalue weighted by molar-refractivity contribution is 6.68. The molecular formula is C28H24ClFN10. The second-order valence-corrected chi connectivity index (χ2v) is 10.2. The van der Waals surface area contributed by atoms with Crippen molar-refractivity contribution in [3.05, 3.63) is 84.0 Å². The van der Waals surface area contributed by atoms with Crippen molar-refractivity contribution in [1.29, 1.82) is 5.26 Å². The second-order valence-electron chi connectivity index (χ2n) is 9.78. The van der Waals surface area contributed by atoms with Crippen LogP contribution in [0.4, 0.5) is 15.9 Å². The van der Waals surface area contributed by atoms with E-state index in [2.05, 4.69) is 19.9 Å². The first kappa shape index (κ1) is 25.5. The van der Waals surface area contributed by atoms with E-state index in [-0.39, 0.29) is 5.56 Å². The van der Waals surface area contributed by atoms with E-state index in [4.69, 9.17) is 38.3 Å². The molecule has 5 heterocycles. The van der Waals surface area contributed by atoms with E-state index in [1.54, 1.807) is 24.7 Å². The van der Waals surface area contributed by atoms with Crippen molar-refractivity contribution in [3.8, 4) is 17.3 Å². The molecule has 1 atom stereocenters. The zero-order valence-electron chi connectivity index (χ0n) is 21.3. The number of nitrogens with zero attached hydrogens (tertiary/aromatic N) is 8. The van der Waals surface area contributed by atoms with Gasteiger partial charge >= 0.3 is 0 Å². The van der Waals surface area contributed by atoms with Gasteiger partial charge in [-0.1, -0.05) is 23.7 Å². The third-order valence-corrected chi connectivity index (χ3v) is 7.51. The van der Waals surface area contributed by atoms with Crippen molar-refractivity contribution in [1.82, 2.24) is 24.5 Å². The minimum atomic E-state index is -0.672. The fraction of sp³-hybridized carbons (Fsp3) is 0.214. The smallest absolute Gasteiger partial charge is 0.165 e. The van der Waals surface area contributed by atoms with Gasteiger partial charge in [0.25, 0.3) is 0 Å². The van der Waals surface area contributed by atoms with Gasteiger partial charge in [-0.2, -0.15) is 5.26 Å². The quantitative estimate of drug-likeness (QED) is 0.385. The fourth-order valence-corrected chi connectivity index (χ4v) is 5.52. The predicted molar refractivity (Wildman–Crippen MR) is 152 cm³/mol. The predicted octanol–water partition coefficient (Wildman–Crippen LogP) is 3.92. The number of anilines is 2. The highest BCUT2D eigenvalue weighted by atomic mass is 35.5. The average Bonchev–Trinajstić information content (AvgIpc) is 3.31. The summed E-state index contributed by atoms with van der Waals surface area (Å²) < 4.78 is 16.4. The highest BCUT2D eigenvalue weighted by Gasteiger charge is 2.39. The van der Waals surface area contributed by atoms with Crippen LogP contribution in [0.1, 0.15) is 24.0 Å². The monoisotopic (exact) mass is 554 g/mol. The van der Waals surface area contributed by atoms with Crippen molar-refractivity contribution in [2.45, 2.75) is 24.9 Å². The summed E-state index contributed by atoms with van der Waals surface area (Å²) in [5, 5.41) is 9.54. The Labute approximate surface area is 234 Å². The van der Waals surface area contributed by atoms with Crippen molar-refractivity contribution in [3.63, 3.8) is 0 Å². The second kappa shape index (κ2) is 10.1. The number of nitriles is 1. The Morgan fingerprint density at radius 3 is 2.85 bits per heavy atom. The number of halogens is 2. The number of allylic oxidation sites excluding steroid dienone is 3. The molecule has 1 aromatic carbocycles. The highest BCUT2D eigenvalue weighted by Crippen LogP contribution is 2.36. The average molecular weight is 555 g/mol. The van der Waals surface area contributed by atoms with Crippen molar-refractivity contribution >= 4 is 39.4 Å². The molecule has 40 heavy (non-hydrogen) atoms. The van der Waals surface area contributed by atoms with Crippen molar-refractivity contribution < 1.29 is 4.39 Å². The molecule has 10 nitrogen and oxygen atoms in total. The summed E-state index contributed by atoms with van der Waals surface area (Å²) in [7, 11) is 0. The Kier molecular flexibility index (Phi) is 6.40. The zero-order valence-corrected chi connectivity index (χ0v) is 22.1. The van der Waals surface area contributed by atoms with Gasteiger partial charge < -0.3 is 20.9 Å². The number of pyridine rings is 1. The molecule has 3 aromatic heterocycles. The minimum absolute atomic E-state index is 0.0240. The maximum Gasteiger partial charge on any atom is 0.165 e. The molecule has 2 aliphatic heterocycles. The first-order valence-corrected chi connectivity index (χ1v) is 13.0. The molecule has 1 saturated heterocycles. The Balaban J connectivity index is 1.44. The van der Waals surface area contributed by atoms with Crippen LogP contribution in [-0.2, 0) is 6.54 Å². The van der Waals surface area contributed by atoms with Crippen molar-refractivity contribution in [2.75, 3.05) is 23.7 Å². The van der Waals surface area contributed by atoms with E-state index in [1.807, 2.05) is 28.9 Å². The normalized spacial score (nSPS) is 18.9. The zero-order chi connectivity index (χ0) is 27.9. The largest absolute Gasteiger partial charge is 0.400 e. The lowest BCUT2D eigenvalue weighted by atomic mass is 9.86. The van der Waals surface area contributed by atoms with E-state index in [9.17, 15) is 4.39 Å². The van der Waals surface area contributed by atoms with Crippen LogP contribution in [0, 0.1) is 17.1 Å². The van der Waals surface area contributed by atoms with Crippen LogP contribution < -0.4 is 16.4 Å². The van der Waals surface area contributed by atoms with Gasteiger partial charge in [0.05, 0.1) is 36.0 Å². The van der Waals surface area contributed by atoms with E-state index in [1.165, 1.54) is 18.5 Å². The number of nitrogens with two attached hydrogens (primary N) is 2. The van der Waals surface area contributed by atoms with Crippen molar-refractivity contribution in [2.24, 2.45) is 10.7 Å². The molecule has 0 radical (unpaired) electrons. The Bertz CT molecular complexity index is 1770. The molecule has 1 spiro atoms. The van der Waals surface area contributed by atoms with Crippen LogP contribution in [0.25, 0.3) is 22.4 Å². The molecule has 12 heteroatoms. The summed E-state index contributed by atoms with van der Waals surface area (Å²) in [6.45, 7) is 1.65. The third-order valence-electron chi connectivity index (χ3n) is 7.30. The van der Waals surface area contributed by atoms with E-state index < -0.39 is 11.4 Å². The number of hydrogen-bond donors (Lipinski definition) is 2. The lowest BCUT2D eigenvalue weighted by Gasteiger charge is -2.42. The van der Waals surface area contributed by atoms with Gasteiger partial charge in [0, 0.05) is 24.4 Å². The number of hydrogen-bond acceptors (Lipinski definition) is 9. The summed E-state index contributed by atoms with van der Waals surface area (Å²) in [5.41, 5.74) is 16.5. The Hall–Kier alpha value is -4.82. The summed E-state index contributed by atoms with van der Waals surface area (Å²) in [6, 6.07) is 8.23. The molecule has 0 bridgehead atoms. The molecule has 4 N–H and O–H groups in total. The number of fused-ring (bicyclic) bond motifs is 1. The molecular weight excluding hydrogens is 531 g/mol. The van der Waals surface area contributed by atoms with Gasteiger partial charge in [-0.05, 0) is 48.8 Å². The number of rotatable bonds is 4. The molecule has 1 unspecified atom stereocenters. The first-order valence-electron chi connectivity index (χ1n) is 12.6. The van der Waals surface area contributed by atoms with Gasteiger partial charge in [0.2, 0.25) is 0 Å². The SMILES string of the molecule is N#Cc1ccc(-c2cc(Cn3cnc4c(N)ncnc43)c(N3CCCC4(C3)N=C(Cl)C=CC=C4N)cn2)cc1F. The van der Waals surface area contributed by atoms with Crippen LogP contribution >= 0.6 is 11.6 Å². The number of nitrogen functional groups attached to an aromatic ring is 1. The topological polar surface area (TPSA) is 148 Å². The van der Waals surface area contributed by atoms with E-state index in [0.717, 1.165) is 30.6 Å². The maximum atomic E-state index is 14.5. The number of aromatic nitrogens is 5. The Morgan fingerprint density at radius 1 is 1.15 bits per heavy atom. The van der Waals surface area contributed by atoms with Crippen LogP contribution in [0.3, 0.4) is 0 Å². The molecule has 4 aromatic rings. The third kappa shape index (κ3) is 4.52. The number of aliphatic imine (C=N–C) groups is 1. The molecule has 200 valence electrons. The summed E-state index contributed by atoms with van der Waals surface area (Å²) >= 11 is 6.38. The first-order chi connectivity index (χ1) is 19.4. The molecule has 0 saturated carbocycles. The van der Waals surface area contributed by atoms with E-state index >= 15 is 0 Å². The van der Waals surface area contributed by atoms with Gasteiger partial charge in [-0.25, -0.2) is 19.3 Å².